The maximum absolute atomic E-state index is 15.2. The summed E-state index contributed by atoms with van der Waals surface area (Å²) in [6.45, 7) is -0.208. The first-order valence-electron chi connectivity index (χ1n) is 10.2. The topological polar surface area (TPSA) is 109 Å². The number of piperidine rings is 1. The van der Waals surface area contributed by atoms with Gasteiger partial charge in [0.05, 0.1) is 6.54 Å². The number of amides is 4. The Labute approximate surface area is 191 Å². The number of hydrogen-bond acceptors (Lipinski definition) is 5. The summed E-state index contributed by atoms with van der Waals surface area (Å²) in [7, 11) is 0. The summed E-state index contributed by atoms with van der Waals surface area (Å²) in [5, 5.41) is 6.01. The molecule has 2 aliphatic rings. The first-order valence-corrected chi connectivity index (χ1v) is 10.6. The number of benzene rings is 2. The monoisotopic (exact) mass is 469 g/mol. The largest absolute Gasteiger partial charge is 0.451 e. The van der Waals surface area contributed by atoms with E-state index in [1.807, 2.05) is 0 Å². The van der Waals surface area contributed by atoms with Crippen molar-refractivity contribution < 1.29 is 28.0 Å². The number of nitrogens with one attached hydrogen (secondary N) is 2. The molecule has 2 aromatic carbocycles. The van der Waals surface area contributed by atoms with Crippen molar-refractivity contribution in [2.24, 2.45) is 0 Å². The number of carbonyl (C=O) groups is 4. The van der Waals surface area contributed by atoms with Crippen molar-refractivity contribution >= 4 is 46.2 Å². The summed E-state index contributed by atoms with van der Waals surface area (Å²) < 4.78 is 20.7. The van der Waals surface area contributed by atoms with Gasteiger partial charge in [-0.15, -0.1) is 0 Å². The minimum absolute atomic E-state index is 0.0630. The lowest BCUT2D eigenvalue weighted by atomic mass is 10.0. The highest BCUT2D eigenvalue weighted by Crippen LogP contribution is 2.31. The van der Waals surface area contributed by atoms with Crippen LogP contribution in [0.25, 0.3) is 11.0 Å². The van der Waals surface area contributed by atoms with Crippen LogP contribution in [-0.2, 0) is 22.7 Å². The fraction of sp³-hybridized carbons (Fsp3) is 0.217. The molecule has 3 heterocycles. The van der Waals surface area contributed by atoms with Gasteiger partial charge in [-0.05, 0) is 36.8 Å². The minimum Gasteiger partial charge on any atom is -0.451 e. The van der Waals surface area contributed by atoms with Gasteiger partial charge in [0.1, 0.15) is 17.4 Å². The predicted molar refractivity (Wildman–Crippen MR) is 115 cm³/mol. The summed E-state index contributed by atoms with van der Waals surface area (Å²) in [4.78, 5) is 50.1. The molecule has 2 N–H and O–H groups in total. The molecule has 0 aliphatic carbocycles. The van der Waals surface area contributed by atoms with Crippen LogP contribution in [0.2, 0.25) is 5.02 Å². The Kier molecular flexibility index (Phi) is 5.13. The van der Waals surface area contributed by atoms with E-state index in [-0.39, 0.29) is 48.4 Å². The van der Waals surface area contributed by atoms with Gasteiger partial charge in [-0.1, -0.05) is 17.7 Å². The molecule has 3 aromatic rings. The summed E-state index contributed by atoms with van der Waals surface area (Å²) in [5.74, 6) is -2.50. The van der Waals surface area contributed by atoms with Gasteiger partial charge in [0.2, 0.25) is 11.8 Å². The Morgan fingerprint density at radius 2 is 2.03 bits per heavy atom. The van der Waals surface area contributed by atoms with Gasteiger partial charge >= 0.3 is 0 Å². The Hall–Kier alpha value is -3.72. The SMILES string of the molecule is O=C1CCC(N2Cc3c(ccc(CNC(=O)c4cc5cc(Cl)ccc5o4)c3F)C2=O)C(=O)N1. The van der Waals surface area contributed by atoms with E-state index in [2.05, 4.69) is 10.6 Å². The molecular weight excluding hydrogens is 453 g/mol. The van der Waals surface area contributed by atoms with Crippen molar-refractivity contribution in [1.82, 2.24) is 15.5 Å². The van der Waals surface area contributed by atoms with Crippen LogP contribution in [0.5, 0.6) is 0 Å². The average molecular weight is 470 g/mol. The van der Waals surface area contributed by atoms with Crippen LogP contribution in [0.1, 0.15) is 44.9 Å². The lowest BCUT2D eigenvalue weighted by molar-refractivity contribution is -0.136. The zero-order valence-corrected chi connectivity index (χ0v) is 17.9. The van der Waals surface area contributed by atoms with Gasteiger partial charge in [-0.2, -0.15) is 0 Å². The number of nitrogens with zero attached hydrogens (tertiary/aromatic N) is 1. The van der Waals surface area contributed by atoms with Crippen LogP contribution >= 0.6 is 11.6 Å². The van der Waals surface area contributed by atoms with Crippen LogP contribution < -0.4 is 10.6 Å². The van der Waals surface area contributed by atoms with Crippen molar-refractivity contribution in [3.05, 3.63) is 69.7 Å². The molecule has 1 fully saturated rings. The highest BCUT2D eigenvalue weighted by atomic mass is 35.5. The summed E-state index contributed by atoms with van der Waals surface area (Å²) in [6.07, 6.45) is 0.307. The number of rotatable bonds is 4. The quantitative estimate of drug-likeness (QED) is 0.571. The molecule has 0 radical (unpaired) electrons. The second kappa shape index (κ2) is 8.00. The molecule has 8 nitrogen and oxygen atoms in total. The van der Waals surface area contributed by atoms with Crippen LogP contribution in [0.4, 0.5) is 4.39 Å². The molecular formula is C23H17ClFN3O5. The van der Waals surface area contributed by atoms with Gasteiger partial charge < -0.3 is 14.6 Å². The van der Waals surface area contributed by atoms with Crippen LogP contribution in [0, 0.1) is 5.82 Å². The highest BCUT2D eigenvalue weighted by Gasteiger charge is 2.40. The smallest absolute Gasteiger partial charge is 0.287 e. The molecule has 0 bridgehead atoms. The van der Waals surface area contributed by atoms with Gasteiger partial charge in [-0.3, -0.25) is 24.5 Å². The zero-order valence-electron chi connectivity index (χ0n) is 17.1. The summed E-state index contributed by atoms with van der Waals surface area (Å²) >= 11 is 5.95. The third-order valence-corrected chi connectivity index (χ3v) is 6.11. The Bertz CT molecular complexity index is 1350. The van der Waals surface area contributed by atoms with E-state index in [4.69, 9.17) is 16.0 Å². The number of halogens is 2. The number of hydrogen-bond donors (Lipinski definition) is 2. The molecule has 1 aromatic heterocycles. The first-order chi connectivity index (χ1) is 15.8. The molecule has 1 unspecified atom stereocenters. The predicted octanol–water partition coefficient (Wildman–Crippen LogP) is 2.92. The van der Waals surface area contributed by atoms with Crippen molar-refractivity contribution in [2.45, 2.75) is 32.0 Å². The highest BCUT2D eigenvalue weighted by molar-refractivity contribution is 6.31. The summed E-state index contributed by atoms with van der Waals surface area (Å²) in [6, 6.07) is 8.60. The van der Waals surface area contributed by atoms with E-state index in [9.17, 15) is 19.2 Å². The fourth-order valence-corrected chi connectivity index (χ4v) is 4.36. The molecule has 168 valence electrons. The van der Waals surface area contributed by atoms with Crippen LogP contribution in [0.3, 0.4) is 0 Å². The van der Waals surface area contributed by atoms with E-state index in [0.29, 0.717) is 16.0 Å². The number of furan rings is 1. The van der Waals surface area contributed by atoms with E-state index < -0.39 is 35.5 Å². The standard InChI is InChI=1S/C23H17ClFN3O5/c24-13-2-5-17-12(7-13)8-18(33-17)22(31)26-9-11-1-3-14-15(20(11)25)10-28(23(14)32)16-4-6-19(29)27-21(16)30/h1-3,5,7-8,16H,4,6,9-10H2,(H,26,31)(H,27,29,30). The Morgan fingerprint density at radius 3 is 2.82 bits per heavy atom. The van der Waals surface area contributed by atoms with Gasteiger partial charge in [-0.25, -0.2) is 4.39 Å². The molecule has 2 aliphatic heterocycles. The average Bonchev–Trinajstić information content (AvgIpc) is 3.35. The Morgan fingerprint density at radius 1 is 1.21 bits per heavy atom. The molecule has 10 heteroatoms. The summed E-state index contributed by atoms with van der Waals surface area (Å²) in [5.41, 5.74) is 1.02. The minimum atomic E-state index is -0.827. The third-order valence-electron chi connectivity index (χ3n) is 5.87. The molecule has 5 rings (SSSR count). The van der Waals surface area contributed by atoms with Gasteiger partial charge in [0.15, 0.2) is 5.76 Å². The third kappa shape index (κ3) is 3.74. The van der Waals surface area contributed by atoms with E-state index in [1.165, 1.54) is 17.0 Å². The number of carbonyl (C=O) groups excluding carboxylic acids is 4. The Balaban J connectivity index is 1.31. The molecule has 33 heavy (non-hydrogen) atoms. The number of fused-ring (bicyclic) bond motifs is 2. The van der Waals surface area contributed by atoms with Gasteiger partial charge in [0.25, 0.3) is 11.8 Å². The first kappa shape index (κ1) is 21.1. The van der Waals surface area contributed by atoms with E-state index in [0.717, 1.165) is 0 Å². The lowest BCUT2D eigenvalue weighted by Gasteiger charge is -2.29. The second-order valence-electron chi connectivity index (χ2n) is 7.94. The zero-order chi connectivity index (χ0) is 23.3. The maximum atomic E-state index is 15.2. The van der Waals surface area contributed by atoms with Crippen molar-refractivity contribution in [3.63, 3.8) is 0 Å². The molecule has 0 saturated carbocycles. The van der Waals surface area contributed by atoms with Crippen molar-refractivity contribution in [3.8, 4) is 0 Å². The van der Waals surface area contributed by atoms with Gasteiger partial charge in [0, 0.05) is 40.1 Å². The fourth-order valence-electron chi connectivity index (χ4n) is 4.18. The lowest BCUT2D eigenvalue weighted by Crippen LogP contribution is -2.52. The second-order valence-corrected chi connectivity index (χ2v) is 8.38. The number of imide groups is 1. The van der Waals surface area contributed by atoms with Crippen LogP contribution in [-0.4, -0.2) is 34.6 Å². The van der Waals surface area contributed by atoms with Crippen molar-refractivity contribution in [2.75, 3.05) is 0 Å². The van der Waals surface area contributed by atoms with E-state index in [1.54, 1.807) is 24.3 Å². The van der Waals surface area contributed by atoms with Crippen LogP contribution in [0.15, 0.2) is 40.8 Å². The maximum Gasteiger partial charge on any atom is 0.287 e. The molecule has 4 amide bonds. The normalized spacial score (nSPS) is 17.9. The molecule has 1 saturated heterocycles. The van der Waals surface area contributed by atoms with Crippen molar-refractivity contribution in [1.29, 1.82) is 0 Å². The molecule has 1 atom stereocenters. The van der Waals surface area contributed by atoms with E-state index >= 15 is 4.39 Å². The molecule has 0 spiro atoms.